The molecule has 0 atom stereocenters. The second kappa shape index (κ2) is 4.05. The van der Waals surface area contributed by atoms with Crippen molar-refractivity contribution in [3.8, 4) is 0 Å². The lowest BCUT2D eigenvalue weighted by Crippen LogP contribution is -2.56. The molecular formula is C14H19NO4. The van der Waals surface area contributed by atoms with Crippen LogP contribution in [0.2, 0.25) is 0 Å². The smallest absolute Gasteiger partial charge is 0.330 e. The first-order valence-corrected chi connectivity index (χ1v) is 7.13. The van der Waals surface area contributed by atoms with Crippen LogP contribution in [-0.2, 0) is 14.4 Å². The minimum atomic E-state index is -1.25. The largest absolute Gasteiger partial charge is 0.479 e. The van der Waals surface area contributed by atoms with Crippen LogP contribution in [-0.4, -0.2) is 33.3 Å². The van der Waals surface area contributed by atoms with Crippen molar-refractivity contribution in [3.05, 3.63) is 0 Å². The van der Waals surface area contributed by atoms with E-state index in [0.29, 0.717) is 12.8 Å². The first-order chi connectivity index (χ1) is 9.02. The van der Waals surface area contributed by atoms with Gasteiger partial charge in [0.15, 0.2) is 0 Å². The Morgan fingerprint density at radius 1 is 1.00 bits per heavy atom. The molecule has 5 nitrogen and oxygen atoms in total. The van der Waals surface area contributed by atoms with Crippen LogP contribution in [0.15, 0.2) is 0 Å². The Labute approximate surface area is 112 Å². The van der Waals surface area contributed by atoms with Gasteiger partial charge in [0.25, 0.3) is 0 Å². The van der Waals surface area contributed by atoms with Crippen molar-refractivity contribution in [1.82, 2.24) is 4.90 Å². The van der Waals surface area contributed by atoms with Gasteiger partial charge in [0, 0.05) is 6.42 Å². The molecule has 0 aromatic heterocycles. The van der Waals surface area contributed by atoms with E-state index < -0.39 is 16.9 Å². The summed E-state index contributed by atoms with van der Waals surface area (Å²) in [6.07, 6.45) is 6.01. The summed E-state index contributed by atoms with van der Waals surface area (Å²) in [5.74, 6) is -1.49. The molecular weight excluding hydrogens is 246 g/mol. The number of carbonyl (C=O) groups is 3. The second-order valence-electron chi connectivity index (χ2n) is 6.24. The van der Waals surface area contributed by atoms with Gasteiger partial charge >= 0.3 is 5.97 Å². The Bertz CT molecular complexity index is 444. The number of likely N-dealkylation sites (tertiary alicyclic amines) is 1. The molecule has 0 unspecified atom stereocenters. The summed E-state index contributed by atoms with van der Waals surface area (Å²) >= 11 is 0. The van der Waals surface area contributed by atoms with Gasteiger partial charge in [-0.2, -0.15) is 0 Å². The maximum absolute atomic E-state index is 12.7. The lowest BCUT2D eigenvalue weighted by atomic mass is 9.84. The molecule has 3 aliphatic rings. The van der Waals surface area contributed by atoms with Gasteiger partial charge in [-0.25, -0.2) is 4.79 Å². The monoisotopic (exact) mass is 265 g/mol. The predicted molar refractivity (Wildman–Crippen MR) is 66.2 cm³/mol. The molecule has 1 heterocycles. The number of aliphatic carboxylic acids is 1. The summed E-state index contributed by atoms with van der Waals surface area (Å²) in [4.78, 5) is 37.8. The number of rotatable bonds is 2. The van der Waals surface area contributed by atoms with Crippen molar-refractivity contribution in [2.75, 3.05) is 0 Å². The Kier molecular flexibility index (Phi) is 2.69. The molecule has 19 heavy (non-hydrogen) atoms. The first kappa shape index (κ1) is 12.6. The number of carboxylic acids is 1. The number of hydrogen-bond donors (Lipinski definition) is 1. The topological polar surface area (TPSA) is 74.7 Å². The molecule has 2 aliphatic carbocycles. The van der Waals surface area contributed by atoms with Crippen molar-refractivity contribution in [2.45, 2.75) is 63.3 Å². The SMILES string of the molecule is O=C1CC2(CCCC2)C(=O)N1C1(C(=O)O)CCCC1. The van der Waals surface area contributed by atoms with Crippen LogP contribution in [0.5, 0.6) is 0 Å². The van der Waals surface area contributed by atoms with E-state index in [0.717, 1.165) is 43.4 Å². The van der Waals surface area contributed by atoms with Crippen molar-refractivity contribution >= 4 is 17.8 Å². The van der Waals surface area contributed by atoms with E-state index in [1.54, 1.807) is 0 Å². The third-order valence-corrected chi connectivity index (χ3v) is 5.21. The van der Waals surface area contributed by atoms with E-state index in [-0.39, 0.29) is 18.2 Å². The van der Waals surface area contributed by atoms with Crippen LogP contribution in [0.1, 0.15) is 57.8 Å². The number of hydrogen-bond acceptors (Lipinski definition) is 3. The number of carbonyl (C=O) groups excluding carboxylic acids is 2. The summed E-state index contributed by atoms with van der Waals surface area (Å²) in [6.45, 7) is 0. The van der Waals surface area contributed by atoms with Crippen LogP contribution < -0.4 is 0 Å². The molecule has 0 aromatic carbocycles. The molecule has 2 saturated carbocycles. The van der Waals surface area contributed by atoms with Gasteiger partial charge in [-0.3, -0.25) is 14.5 Å². The lowest BCUT2D eigenvalue weighted by Gasteiger charge is -2.34. The molecule has 3 fully saturated rings. The van der Waals surface area contributed by atoms with Crippen LogP contribution >= 0.6 is 0 Å². The van der Waals surface area contributed by atoms with Gasteiger partial charge < -0.3 is 5.11 Å². The molecule has 2 amide bonds. The zero-order chi connectivity index (χ0) is 13.7. The highest BCUT2D eigenvalue weighted by Gasteiger charge is 2.61. The zero-order valence-electron chi connectivity index (χ0n) is 11.0. The van der Waals surface area contributed by atoms with Crippen LogP contribution in [0.4, 0.5) is 0 Å². The van der Waals surface area contributed by atoms with E-state index in [2.05, 4.69) is 0 Å². The van der Waals surface area contributed by atoms with Gasteiger partial charge in [0.1, 0.15) is 5.54 Å². The van der Waals surface area contributed by atoms with Gasteiger partial charge in [0.05, 0.1) is 5.41 Å². The normalized spacial score (nSPS) is 28.5. The van der Waals surface area contributed by atoms with Gasteiger partial charge in [-0.15, -0.1) is 0 Å². The Hall–Kier alpha value is -1.39. The quantitative estimate of drug-likeness (QED) is 0.771. The third kappa shape index (κ3) is 1.56. The lowest BCUT2D eigenvalue weighted by molar-refractivity contribution is -0.164. The average molecular weight is 265 g/mol. The minimum Gasteiger partial charge on any atom is -0.479 e. The third-order valence-electron chi connectivity index (χ3n) is 5.21. The molecule has 0 aromatic rings. The number of imide groups is 1. The maximum atomic E-state index is 12.7. The second-order valence-corrected chi connectivity index (χ2v) is 6.24. The summed E-state index contributed by atoms with van der Waals surface area (Å²) < 4.78 is 0. The highest BCUT2D eigenvalue weighted by Crippen LogP contribution is 2.50. The number of carboxylic acid groups (broad SMARTS) is 1. The summed E-state index contributed by atoms with van der Waals surface area (Å²) in [5, 5.41) is 9.54. The molecule has 1 spiro atoms. The van der Waals surface area contributed by atoms with Gasteiger partial charge in [-0.05, 0) is 25.7 Å². The first-order valence-electron chi connectivity index (χ1n) is 7.13. The van der Waals surface area contributed by atoms with E-state index in [1.807, 2.05) is 0 Å². The average Bonchev–Trinajstić information content (AvgIpc) is 3.03. The van der Waals surface area contributed by atoms with Crippen LogP contribution in [0.3, 0.4) is 0 Å². The standard InChI is InChI=1S/C14H19NO4/c16-10-9-13(5-1-2-6-13)11(17)15(10)14(12(18)19)7-3-4-8-14/h1-9H2,(H,18,19). The fraction of sp³-hybridized carbons (Fsp3) is 0.786. The van der Waals surface area contributed by atoms with E-state index >= 15 is 0 Å². The van der Waals surface area contributed by atoms with Crippen molar-refractivity contribution in [1.29, 1.82) is 0 Å². The molecule has 3 rings (SSSR count). The summed E-state index contributed by atoms with van der Waals surface area (Å²) in [5.41, 5.74) is -1.82. The van der Waals surface area contributed by atoms with E-state index in [9.17, 15) is 19.5 Å². The molecule has 0 radical (unpaired) electrons. The fourth-order valence-electron chi connectivity index (χ4n) is 4.16. The van der Waals surface area contributed by atoms with Crippen molar-refractivity contribution < 1.29 is 19.5 Å². The molecule has 104 valence electrons. The van der Waals surface area contributed by atoms with E-state index in [1.165, 1.54) is 0 Å². The predicted octanol–water partition coefficient (Wildman–Crippen LogP) is 1.70. The Balaban J connectivity index is 1.98. The Morgan fingerprint density at radius 3 is 2.05 bits per heavy atom. The molecule has 1 saturated heterocycles. The zero-order valence-corrected chi connectivity index (χ0v) is 11.0. The van der Waals surface area contributed by atoms with Gasteiger partial charge in [0.2, 0.25) is 11.8 Å². The number of amides is 2. The molecule has 1 aliphatic heterocycles. The Morgan fingerprint density at radius 2 is 1.53 bits per heavy atom. The molecule has 0 bridgehead atoms. The minimum absolute atomic E-state index is 0.209. The molecule has 5 heteroatoms. The van der Waals surface area contributed by atoms with Gasteiger partial charge in [-0.1, -0.05) is 25.7 Å². The van der Waals surface area contributed by atoms with Crippen molar-refractivity contribution in [3.63, 3.8) is 0 Å². The maximum Gasteiger partial charge on any atom is 0.330 e. The number of nitrogens with zero attached hydrogens (tertiary/aromatic N) is 1. The summed E-state index contributed by atoms with van der Waals surface area (Å²) in [7, 11) is 0. The van der Waals surface area contributed by atoms with Crippen molar-refractivity contribution in [2.24, 2.45) is 5.41 Å². The highest BCUT2D eigenvalue weighted by atomic mass is 16.4. The summed E-state index contributed by atoms with van der Waals surface area (Å²) in [6, 6.07) is 0. The van der Waals surface area contributed by atoms with E-state index in [4.69, 9.17) is 0 Å². The van der Waals surface area contributed by atoms with Crippen LogP contribution in [0, 0.1) is 5.41 Å². The molecule has 1 N–H and O–H groups in total. The highest BCUT2D eigenvalue weighted by molar-refractivity contribution is 6.09. The van der Waals surface area contributed by atoms with Crippen LogP contribution in [0.25, 0.3) is 0 Å². The fourth-order valence-corrected chi connectivity index (χ4v) is 4.16.